The van der Waals surface area contributed by atoms with Gasteiger partial charge in [-0.25, -0.2) is 15.0 Å². The van der Waals surface area contributed by atoms with Crippen LogP contribution in [0, 0.1) is 0 Å². The molecule has 1 fully saturated rings. The van der Waals surface area contributed by atoms with Crippen LogP contribution < -0.4 is 11.1 Å². The number of aromatic nitrogens is 3. The lowest BCUT2D eigenvalue weighted by molar-refractivity contribution is 0.0714. The molecule has 0 bridgehead atoms. The van der Waals surface area contributed by atoms with Gasteiger partial charge in [0.2, 0.25) is 5.95 Å². The molecule has 7 nitrogen and oxygen atoms in total. The molecule has 4 rings (SSSR count). The van der Waals surface area contributed by atoms with Gasteiger partial charge in [0.1, 0.15) is 0 Å². The van der Waals surface area contributed by atoms with Crippen LogP contribution in [0.1, 0.15) is 28.8 Å². The molecule has 0 atom stereocenters. The maximum absolute atomic E-state index is 12.5. The first-order valence-corrected chi connectivity index (χ1v) is 10.00. The van der Waals surface area contributed by atoms with Crippen molar-refractivity contribution in [2.45, 2.75) is 25.3 Å². The largest absolute Gasteiger partial charge is 0.354 e. The molecule has 1 aliphatic heterocycles. The van der Waals surface area contributed by atoms with Crippen LogP contribution in [0.2, 0.25) is 0 Å². The van der Waals surface area contributed by atoms with E-state index in [4.69, 9.17) is 5.73 Å². The summed E-state index contributed by atoms with van der Waals surface area (Å²) in [5, 5.41) is 3.21. The van der Waals surface area contributed by atoms with Crippen LogP contribution in [0.4, 0.5) is 5.95 Å². The summed E-state index contributed by atoms with van der Waals surface area (Å²) in [7, 11) is 0. The summed E-state index contributed by atoms with van der Waals surface area (Å²) in [6.07, 6.45) is 5.75. The highest BCUT2D eigenvalue weighted by Crippen LogP contribution is 2.19. The zero-order valence-corrected chi connectivity index (χ0v) is 15.8. The zero-order chi connectivity index (χ0) is 18.6. The lowest BCUT2D eigenvalue weighted by atomic mass is 10.1. The molecule has 0 aliphatic carbocycles. The Morgan fingerprint density at radius 3 is 2.78 bits per heavy atom. The Kier molecular flexibility index (Phi) is 5.26. The molecule has 1 aliphatic rings. The summed E-state index contributed by atoms with van der Waals surface area (Å²) in [5.74, 6) is 0.511. The Hall–Kier alpha value is -2.58. The van der Waals surface area contributed by atoms with Crippen LogP contribution in [0.15, 0.2) is 36.1 Å². The summed E-state index contributed by atoms with van der Waals surface area (Å²) in [6, 6.07) is 6.51. The number of benzene rings is 1. The van der Waals surface area contributed by atoms with Gasteiger partial charge in [0.05, 0.1) is 21.3 Å². The van der Waals surface area contributed by atoms with Gasteiger partial charge in [-0.15, -0.1) is 11.3 Å². The third kappa shape index (κ3) is 4.23. The highest BCUT2D eigenvalue weighted by molar-refractivity contribution is 7.16. The fraction of sp³-hybridized carbons (Fsp3) is 0.368. The van der Waals surface area contributed by atoms with E-state index in [0.717, 1.165) is 31.3 Å². The number of nitrogens with zero attached hydrogens (tertiary/aromatic N) is 4. The van der Waals surface area contributed by atoms with Crippen molar-refractivity contribution < 1.29 is 4.79 Å². The zero-order valence-electron chi connectivity index (χ0n) is 15.0. The first kappa shape index (κ1) is 17.8. The molecular weight excluding hydrogens is 360 g/mol. The molecule has 0 spiro atoms. The number of fused-ring (bicyclic) bond motifs is 1. The van der Waals surface area contributed by atoms with Gasteiger partial charge in [0.25, 0.3) is 5.91 Å². The van der Waals surface area contributed by atoms with Crippen LogP contribution in [0.3, 0.4) is 0 Å². The number of hydrogen-bond acceptors (Lipinski definition) is 7. The Morgan fingerprint density at radius 2 is 2.00 bits per heavy atom. The normalized spacial score (nSPS) is 15.2. The van der Waals surface area contributed by atoms with Crippen molar-refractivity contribution in [2.75, 3.05) is 25.0 Å². The number of nitrogens with two attached hydrogens (primary N) is 1. The molecular formula is C19H22N6OS. The van der Waals surface area contributed by atoms with E-state index in [9.17, 15) is 4.79 Å². The van der Waals surface area contributed by atoms with Crippen molar-refractivity contribution in [2.24, 2.45) is 5.73 Å². The predicted molar refractivity (Wildman–Crippen MR) is 107 cm³/mol. The summed E-state index contributed by atoms with van der Waals surface area (Å²) >= 11 is 1.65. The van der Waals surface area contributed by atoms with Gasteiger partial charge in [0.15, 0.2) is 0 Å². The molecule has 1 aromatic carbocycles. The molecule has 0 unspecified atom stereocenters. The molecule has 0 saturated carbocycles. The number of hydrogen-bond donors (Lipinski definition) is 2. The van der Waals surface area contributed by atoms with Gasteiger partial charge in [-0.3, -0.25) is 4.79 Å². The monoisotopic (exact) mass is 382 g/mol. The van der Waals surface area contributed by atoms with E-state index in [2.05, 4.69) is 32.4 Å². The third-order valence-electron chi connectivity index (χ3n) is 4.82. The molecule has 3 N–H and O–H groups in total. The predicted octanol–water partition coefficient (Wildman–Crippen LogP) is 2.30. The smallest absolute Gasteiger partial charge is 0.256 e. The first-order valence-electron chi connectivity index (χ1n) is 9.12. The van der Waals surface area contributed by atoms with Crippen molar-refractivity contribution >= 4 is 33.4 Å². The number of amides is 1. The van der Waals surface area contributed by atoms with Crippen LogP contribution >= 0.6 is 11.3 Å². The second-order valence-corrected chi connectivity index (χ2v) is 7.64. The third-order valence-corrected chi connectivity index (χ3v) is 5.61. The number of rotatable bonds is 5. The molecule has 2 aromatic heterocycles. The number of thiazole rings is 1. The fourth-order valence-corrected chi connectivity index (χ4v) is 3.93. The highest BCUT2D eigenvalue weighted by Gasteiger charge is 2.22. The van der Waals surface area contributed by atoms with Gasteiger partial charge < -0.3 is 16.0 Å². The Morgan fingerprint density at radius 1 is 1.22 bits per heavy atom. The van der Waals surface area contributed by atoms with E-state index in [1.54, 1.807) is 23.7 Å². The van der Waals surface area contributed by atoms with E-state index >= 15 is 0 Å². The quantitative estimate of drug-likeness (QED) is 0.703. The molecule has 0 radical (unpaired) electrons. The maximum Gasteiger partial charge on any atom is 0.256 e. The van der Waals surface area contributed by atoms with Crippen LogP contribution in [-0.2, 0) is 6.42 Å². The molecule has 140 valence electrons. The maximum atomic E-state index is 12.5. The minimum absolute atomic E-state index is 0.0219. The topological polar surface area (TPSA) is 97.0 Å². The molecule has 27 heavy (non-hydrogen) atoms. The van der Waals surface area contributed by atoms with Crippen LogP contribution in [0.5, 0.6) is 0 Å². The van der Waals surface area contributed by atoms with Crippen molar-refractivity contribution in [3.63, 3.8) is 0 Å². The number of carbonyl (C=O) groups is 1. The first-order chi connectivity index (χ1) is 13.2. The SMILES string of the molecule is NC1CCN(C(=O)c2cnc(NCCc3ccc4ncsc4c3)nc2)CC1. The molecule has 1 saturated heterocycles. The fourth-order valence-electron chi connectivity index (χ4n) is 3.19. The van der Waals surface area contributed by atoms with E-state index in [-0.39, 0.29) is 11.9 Å². The van der Waals surface area contributed by atoms with Gasteiger partial charge in [-0.05, 0) is 37.0 Å². The second-order valence-electron chi connectivity index (χ2n) is 6.76. The van der Waals surface area contributed by atoms with Gasteiger partial charge in [-0.1, -0.05) is 6.07 Å². The highest BCUT2D eigenvalue weighted by atomic mass is 32.1. The lowest BCUT2D eigenvalue weighted by Crippen LogP contribution is -2.42. The van der Waals surface area contributed by atoms with Gasteiger partial charge in [-0.2, -0.15) is 0 Å². The number of anilines is 1. The van der Waals surface area contributed by atoms with Crippen molar-refractivity contribution in [1.29, 1.82) is 0 Å². The van der Waals surface area contributed by atoms with E-state index in [1.807, 2.05) is 16.5 Å². The standard InChI is InChI=1S/C19H22N6OS/c20-15-4-7-25(8-5-15)18(26)14-10-22-19(23-11-14)21-6-3-13-1-2-16-17(9-13)27-12-24-16/h1-2,9-12,15H,3-8,20H2,(H,21,22,23). The Labute approximate surface area is 161 Å². The Bertz CT molecular complexity index is 917. The van der Waals surface area contributed by atoms with Crippen molar-refractivity contribution in [3.05, 3.63) is 47.2 Å². The van der Waals surface area contributed by atoms with Crippen molar-refractivity contribution in [1.82, 2.24) is 19.9 Å². The number of piperidine rings is 1. The van der Waals surface area contributed by atoms with E-state index in [1.165, 1.54) is 10.3 Å². The number of nitrogens with one attached hydrogen (secondary N) is 1. The minimum atomic E-state index is -0.0219. The molecule has 1 amide bonds. The summed E-state index contributed by atoms with van der Waals surface area (Å²) in [6.45, 7) is 2.12. The van der Waals surface area contributed by atoms with Gasteiger partial charge in [0, 0.05) is 38.1 Å². The van der Waals surface area contributed by atoms with Crippen molar-refractivity contribution in [3.8, 4) is 0 Å². The molecule has 3 heterocycles. The van der Waals surface area contributed by atoms with Crippen LogP contribution in [0.25, 0.3) is 10.2 Å². The summed E-state index contributed by atoms with van der Waals surface area (Å²) in [4.78, 5) is 27.2. The molecule has 3 aromatic rings. The summed E-state index contributed by atoms with van der Waals surface area (Å²) in [5.41, 5.74) is 10.6. The average Bonchev–Trinajstić information content (AvgIpc) is 3.16. The Balaban J connectivity index is 1.30. The number of likely N-dealkylation sites (tertiary alicyclic amines) is 1. The minimum Gasteiger partial charge on any atom is -0.354 e. The van der Waals surface area contributed by atoms with Gasteiger partial charge >= 0.3 is 0 Å². The summed E-state index contributed by atoms with van der Waals surface area (Å²) < 4.78 is 1.20. The van der Waals surface area contributed by atoms with E-state index in [0.29, 0.717) is 24.6 Å². The lowest BCUT2D eigenvalue weighted by Gasteiger charge is -2.30. The average molecular weight is 382 g/mol. The van der Waals surface area contributed by atoms with Crippen LogP contribution in [-0.4, -0.2) is 51.4 Å². The van der Waals surface area contributed by atoms with E-state index < -0.39 is 0 Å². The molecule has 8 heteroatoms. The number of carbonyl (C=O) groups excluding carboxylic acids is 1. The second kappa shape index (κ2) is 7.98.